The molecule has 2 unspecified atom stereocenters. The van der Waals surface area contributed by atoms with Crippen molar-refractivity contribution < 1.29 is 80.2 Å². The van der Waals surface area contributed by atoms with Crippen LogP contribution in [0.5, 0.6) is 0 Å². The molecule has 0 aliphatic carbocycles. The summed E-state index contributed by atoms with van der Waals surface area (Å²) in [6, 6.07) is 0. The maximum atomic E-state index is 13.1. The number of hydrogen-bond donors (Lipinski definition) is 3. The number of ether oxygens (including phenoxy) is 4. The molecule has 3 N–H and O–H groups in total. The molecule has 96 heavy (non-hydrogen) atoms. The van der Waals surface area contributed by atoms with Gasteiger partial charge in [-0.25, -0.2) is 9.13 Å². The topological polar surface area (TPSA) is 237 Å². The van der Waals surface area contributed by atoms with E-state index in [2.05, 4.69) is 27.7 Å². The van der Waals surface area contributed by atoms with Crippen molar-refractivity contribution in [1.29, 1.82) is 0 Å². The summed E-state index contributed by atoms with van der Waals surface area (Å²) in [5.41, 5.74) is 0. The molecule has 19 heteroatoms. The standard InChI is InChI=1S/C77H150O17P2/c1-5-9-13-17-21-25-28-31-33-35-37-40-42-46-50-54-58-62-75(80)88-68-73(94-77(82)64-60-56-52-48-44-41-38-36-34-32-29-26-22-18-14-10-6-2)70-92-96(85,86)90-66-71(78)65-89-95(83,84)91-69-72(67-87-74(79)61-57-53-49-45-24-20-16-12-8-4)93-76(81)63-59-55-51-47-43-39-30-27-23-19-15-11-7-3/h71-73,78H,5-70H2,1-4H3,(H,83,84)(H,85,86)/t71-,72+,73+/m0/s1. The van der Waals surface area contributed by atoms with Gasteiger partial charge < -0.3 is 33.8 Å². The van der Waals surface area contributed by atoms with Crippen LogP contribution in [0.15, 0.2) is 0 Å². The molecule has 0 rings (SSSR count). The molecular formula is C77H150O17P2. The third kappa shape index (κ3) is 70.5. The van der Waals surface area contributed by atoms with Gasteiger partial charge in [0.25, 0.3) is 0 Å². The van der Waals surface area contributed by atoms with Crippen LogP contribution in [0.4, 0.5) is 0 Å². The first-order valence-corrected chi connectivity index (χ1v) is 43.3. The predicted molar refractivity (Wildman–Crippen MR) is 391 cm³/mol. The summed E-state index contributed by atoms with van der Waals surface area (Å²) in [5.74, 6) is -2.11. The molecule has 0 aliphatic heterocycles. The van der Waals surface area contributed by atoms with Gasteiger partial charge in [0, 0.05) is 25.7 Å². The van der Waals surface area contributed by atoms with E-state index in [1.165, 1.54) is 244 Å². The highest BCUT2D eigenvalue weighted by Gasteiger charge is 2.30. The molecule has 0 saturated heterocycles. The lowest BCUT2D eigenvalue weighted by Gasteiger charge is -2.21. The summed E-state index contributed by atoms with van der Waals surface area (Å²) in [6.07, 6.45) is 62.3. The third-order valence-corrected chi connectivity index (χ3v) is 20.0. The lowest BCUT2D eigenvalue weighted by molar-refractivity contribution is -0.161. The summed E-state index contributed by atoms with van der Waals surface area (Å²) < 4.78 is 68.5. The summed E-state index contributed by atoms with van der Waals surface area (Å²) in [6.45, 7) is 4.99. The smallest absolute Gasteiger partial charge is 0.462 e. The van der Waals surface area contributed by atoms with Crippen LogP contribution in [0.25, 0.3) is 0 Å². The Hall–Kier alpha value is -1.94. The normalized spacial score (nSPS) is 13.9. The number of rotatable bonds is 78. The van der Waals surface area contributed by atoms with Crippen molar-refractivity contribution in [3.63, 3.8) is 0 Å². The SMILES string of the molecule is CCCCCCCCCCCCCCCCCCCC(=O)OC[C@H](COP(=O)(O)OC[C@@H](O)COP(=O)(O)OC[C@@H](COC(=O)CCCCCCCCCCC)OC(=O)CCCCCCCCCCCCCCC)OC(=O)CCCCCCCCCCCCCCCCCCC. The second-order valence-electron chi connectivity index (χ2n) is 27.7. The van der Waals surface area contributed by atoms with Crippen LogP contribution in [-0.2, 0) is 65.4 Å². The quantitative estimate of drug-likeness (QED) is 0.0222. The summed E-state index contributed by atoms with van der Waals surface area (Å²) in [7, 11) is -9.91. The van der Waals surface area contributed by atoms with Gasteiger partial charge in [0.15, 0.2) is 12.2 Å². The lowest BCUT2D eigenvalue weighted by Crippen LogP contribution is -2.30. The van der Waals surface area contributed by atoms with E-state index in [0.29, 0.717) is 25.7 Å². The number of phosphoric acid groups is 2. The van der Waals surface area contributed by atoms with E-state index in [0.717, 1.165) is 89.9 Å². The van der Waals surface area contributed by atoms with Crippen LogP contribution in [0.2, 0.25) is 0 Å². The molecule has 0 spiro atoms. The van der Waals surface area contributed by atoms with E-state index in [1.807, 2.05) is 0 Å². The van der Waals surface area contributed by atoms with Crippen LogP contribution in [-0.4, -0.2) is 96.7 Å². The molecule has 0 radical (unpaired) electrons. The number of esters is 4. The Bertz CT molecular complexity index is 1830. The van der Waals surface area contributed by atoms with Gasteiger partial charge in [0.2, 0.25) is 0 Å². The van der Waals surface area contributed by atoms with Crippen LogP contribution < -0.4 is 0 Å². The van der Waals surface area contributed by atoms with Crippen molar-refractivity contribution in [2.24, 2.45) is 0 Å². The fraction of sp³-hybridized carbons (Fsp3) is 0.948. The zero-order valence-electron chi connectivity index (χ0n) is 62.4. The molecule has 0 bridgehead atoms. The molecule has 0 saturated carbocycles. The average Bonchev–Trinajstić information content (AvgIpc) is 1.39. The Labute approximate surface area is 588 Å². The molecule has 0 aliphatic rings. The molecule has 0 fully saturated rings. The molecule has 0 aromatic rings. The first-order chi connectivity index (χ1) is 46.7. The van der Waals surface area contributed by atoms with Gasteiger partial charge >= 0.3 is 39.5 Å². The van der Waals surface area contributed by atoms with Crippen LogP contribution >= 0.6 is 15.6 Å². The number of carbonyl (C=O) groups excluding carboxylic acids is 4. The minimum atomic E-state index is -4.96. The fourth-order valence-electron chi connectivity index (χ4n) is 11.9. The molecule has 0 aromatic heterocycles. The highest BCUT2D eigenvalue weighted by molar-refractivity contribution is 7.47. The minimum absolute atomic E-state index is 0.108. The molecule has 5 atom stereocenters. The molecule has 570 valence electrons. The summed E-state index contributed by atoms with van der Waals surface area (Å²) in [4.78, 5) is 72.8. The van der Waals surface area contributed by atoms with Crippen molar-refractivity contribution in [3.05, 3.63) is 0 Å². The Morgan fingerprint density at radius 3 is 0.615 bits per heavy atom. The second kappa shape index (κ2) is 71.5. The number of unbranched alkanes of at least 4 members (excludes halogenated alkanes) is 52. The Morgan fingerprint density at radius 2 is 0.417 bits per heavy atom. The van der Waals surface area contributed by atoms with Gasteiger partial charge in [-0.2, -0.15) is 0 Å². The monoisotopic (exact) mass is 1410 g/mol. The number of aliphatic hydroxyl groups is 1. The molecule has 0 aromatic carbocycles. The molecular weight excluding hydrogens is 1260 g/mol. The predicted octanol–water partition coefficient (Wildman–Crippen LogP) is 23.0. The first-order valence-electron chi connectivity index (χ1n) is 40.3. The van der Waals surface area contributed by atoms with Gasteiger partial charge in [-0.05, 0) is 25.7 Å². The molecule has 0 heterocycles. The largest absolute Gasteiger partial charge is 0.472 e. The van der Waals surface area contributed by atoms with Gasteiger partial charge in [0.1, 0.15) is 19.3 Å². The van der Waals surface area contributed by atoms with Crippen molar-refractivity contribution in [3.8, 4) is 0 Å². The number of phosphoric ester groups is 2. The first kappa shape index (κ1) is 94.1. The van der Waals surface area contributed by atoms with E-state index >= 15 is 0 Å². The maximum absolute atomic E-state index is 13.1. The Morgan fingerprint density at radius 1 is 0.250 bits per heavy atom. The Balaban J connectivity index is 5.22. The van der Waals surface area contributed by atoms with Gasteiger partial charge in [-0.3, -0.25) is 37.3 Å². The summed E-state index contributed by atoms with van der Waals surface area (Å²) in [5, 5.41) is 10.6. The van der Waals surface area contributed by atoms with Gasteiger partial charge in [-0.1, -0.05) is 362 Å². The van der Waals surface area contributed by atoms with Gasteiger partial charge in [-0.15, -0.1) is 0 Å². The highest BCUT2D eigenvalue weighted by atomic mass is 31.2. The summed E-state index contributed by atoms with van der Waals surface area (Å²) >= 11 is 0. The van der Waals surface area contributed by atoms with Crippen LogP contribution in [0.1, 0.15) is 413 Å². The number of carbonyl (C=O) groups is 4. The fourth-order valence-corrected chi connectivity index (χ4v) is 13.5. The van der Waals surface area contributed by atoms with Crippen LogP contribution in [0, 0.1) is 0 Å². The zero-order valence-corrected chi connectivity index (χ0v) is 64.1. The minimum Gasteiger partial charge on any atom is -0.462 e. The van der Waals surface area contributed by atoms with E-state index in [1.54, 1.807) is 0 Å². The molecule has 0 amide bonds. The number of hydrogen-bond acceptors (Lipinski definition) is 15. The van der Waals surface area contributed by atoms with Gasteiger partial charge in [0.05, 0.1) is 26.4 Å². The second-order valence-corrected chi connectivity index (χ2v) is 30.7. The zero-order chi connectivity index (χ0) is 70.4. The van der Waals surface area contributed by atoms with E-state index in [9.17, 15) is 43.2 Å². The third-order valence-electron chi connectivity index (χ3n) is 18.1. The van der Waals surface area contributed by atoms with Crippen molar-refractivity contribution in [1.82, 2.24) is 0 Å². The van der Waals surface area contributed by atoms with Crippen molar-refractivity contribution in [2.45, 2.75) is 431 Å². The van der Waals surface area contributed by atoms with Crippen molar-refractivity contribution in [2.75, 3.05) is 39.6 Å². The van der Waals surface area contributed by atoms with Crippen molar-refractivity contribution >= 4 is 39.5 Å². The highest BCUT2D eigenvalue weighted by Crippen LogP contribution is 2.45. The Kier molecular flexibility index (Phi) is 70.0. The maximum Gasteiger partial charge on any atom is 0.472 e. The van der Waals surface area contributed by atoms with Crippen LogP contribution in [0.3, 0.4) is 0 Å². The average molecular weight is 1410 g/mol. The number of aliphatic hydroxyl groups excluding tert-OH is 1. The lowest BCUT2D eigenvalue weighted by atomic mass is 10.0. The van der Waals surface area contributed by atoms with E-state index < -0.39 is 97.5 Å². The van der Waals surface area contributed by atoms with E-state index in [-0.39, 0.29) is 25.7 Å². The van der Waals surface area contributed by atoms with E-state index in [4.69, 9.17) is 37.0 Å². The molecule has 17 nitrogen and oxygen atoms in total.